The molecule has 108 valence electrons. The first kappa shape index (κ1) is 16.3. The average molecular weight is 294 g/mol. The molecule has 5 nitrogen and oxygen atoms in total. The summed E-state index contributed by atoms with van der Waals surface area (Å²) in [5.41, 5.74) is 0.563. The molecule has 0 saturated carbocycles. The zero-order valence-corrected chi connectivity index (χ0v) is 12.7. The molecule has 0 fully saturated rings. The van der Waals surface area contributed by atoms with Crippen molar-refractivity contribution in [2.45, 2.75) is 38.3 Å². The van der Waals surface area contributed by atoms with Gasteiger partial charge in [-0.2, -0.15) is 0 Å². The summed E-state index contributed by atoms with van der Waals surface area (Å²) in [4.78, 5) is 18.9. The Balaban J connectivity index is 2.51. The lowest BCUT2D eigenvalue weighted by molar-refractivity contribution is -0.121. The van der Waals surface area contributed by atoms with E-state index in [1.807, 2.05) is 13.8 Å². The fourth-order valence-electron chi connectivity index (χ4n) is 1.38. The Kier molecular flexibility index (Phi) is 5.83. The Morgan fingerprint density at radius 1 is 1.30 bits per heavy atom. The number of sulfone groups is 1. The van der Waals surface area contributed by atoms with Crippen molar-refractivity contribution < 1.29 is 13.2 Å². The van der Waals surface area contributed by atoms with Gasteiger partial charge in [0.15, 0.2) is 0 Å². The second kappa shape index (κ2) is 7.15. The molecule has 0 atom stereocenters. The van der Waals surface area contributed by atoms with Gasteiger partial charge in [-0.15, -0.1) is 0 Å². The summed E-state index contributed by atoms with van der Waals surface area (Å²) < 4.78 is 22.3. The maximum atomic E-state index is 11.4. The Hall–Kier alpha value is -1.74. The molecule has 0 bridgehead atoms. The number of nitrogens with zero attached hydrogens (tertiary/aromatic N) is 2. The predicted molar refractivity (Wildman–Crippen MR) is 75.7 cm³/mol. The Labute approximate surface area is 119 Å². The Bertz CT molecular complexity index is 623. The summed E-state index contributed by atoms with van der Waals surface area (Å²) in [5.74, 6) is 6.08. The van der Waals surface area contributed by atoms with Crippen LogP contribution in [0.5, 0.6) is 0 Å². The number of carbonyl (C=O) groups is 1. The van der Waals surface area contributed by atoms with Crippen molar-refractivity contribution in [3.05, 3.63) is 18.0 Å². The highest BCUT2D eigenvalue weighted by atomic mass is 32.2. The quantitative estimate of drug-likeness (QED) is 0.468. The van der Waals surface area contributed by atoms with E-state index in [0.717, 1.165) is 12.7 Å². The molecule has 0 N–H and O–H groups in total. The molecule has 20 heavy (non-hydrogen) atoms. The van der Waals surface area contributed by atoms with Crippen LogP contribution in [0.15, 0.2) is 17.6 Å². The maximum absolute atomic E-state index is 11.4. The largest absolute Gasteiger partial charge is 0.299 e. The summed E-state index contributed by atoms with van der Waals surface area (Å²) in [6, 6.07) is 0. The van der Waals surface area contributed by atoms with Crippen molar-refractivity contribution in [2.24, 2.45) is 5.92 Å². The second-order valence-electron chi connectivity index (χ2n) is 4.80. The first-order chi connectivity index (χ1) is 9.30. The standard InChI is InChI=1S/C14H18N2O3S/c1-11(2)13(17)8-6-4-5-7-12-9-15-14(16-10-12)20(3,18)19/h9-11H,4,6,8H2,1-3H3. The van der Waals surface area contributed by atoms with Gasteiger partial charge < -0.3 is 0 Å². The van der Waals surface area contributed by atoms with Crippen molar-refractivity contribution in [3.8, 4) is 11.8 Å². The van der Waals surface area contributed by atoms with E-state index in [-0.39, 0.29) is 16.9 Å². The molecule has 0 unspecified atom stereocenters. The molecule has 0 aromatic carbocycles. The van der Waals surface area contributed by atoms with Gasteiger partial charge >= 0.3 is 0 Å². The molecule has 0 aliphatic carbocycles. The van der Waals surface area contributed by atoms with Gasteiger partial charge in [0.25, 0.3) is 0 Å². The van der Waals surface area contributed by atoms with E-state index in [4.69, 9.17) is 0 Å². The van der Waals surface area contributed by atoms with E-state index in [9.17, 15) is 13.2 Å². The lowest BCUT2D eigenvalue weighted by atomic mass is 10.0. The smallest absolute Gasteiger partial charge is 0.246 e. The first-order valence-corrected chi connectivity index (χ1v) is 8.23. The predicted octanol–water partition coefficient (Wildman–Crippen LogP) is 1.63. The minimum atomic E-state index is -3.37. The zero-order chi connectivity index (χ0) is 15.2. The Morgan fingerprint density at radius 3 is 2.40 bits per heavy atom. The lowest BCUT2D eigenvalue weighted by Crippen LogP contribution is -2.05. The molecule has 0 amide bonds. The zero-order valence-electron chi connectivity index (χ0n) is 11.9. The summed E-state index contributed by atoms with van der Waals surface area (Å²) in [7, 11) is -3.37. The van der Waals surface area contributed by atoms with E-state index in [1.54, 1.807) is 0 Å². The molecule has 1 aromatic heterocycles. The number of unbranched alkanes of at least 4 members (excludes halogenated alkanes) is 1. The van der Waals surface area contributed by atoms with Crippen LogP contribution in [0.25, 0.3) is 0 Å². The molecule has 0 aliphatic rings. The monoisotopic (exact) mass is 294 g/mol. The number of hydrogen-bond donors (Lipinski definition) is 0. The molecule has 1 rings (SSSR count). The molecule has 0 aliphatic heterocycles. The topological polar surface area (TPSA) is 77.0 Å². The highest BCUT2D eigenvalue weighted by Crippen LogP contribution is 2.04. The van der Waals surface area contributed by atoms with Gasteiger partial charge in [0.05, 0.1) is 5.56 Å². The van der Waals surface area contributed by atoms with Crippen molar-refractivity contribution in [2.75, 3.05) is 6.26 Å². The van der Waals surface area contributed by atoms with Crippen LogP contribution >= 0.6 is 0 Å². The summed E-state index contributed by atoms with van der Waals surface area (Å²) in [6.07, 6.45) is 5.71. The van der Waals surface area contributed by atoms with Crippen LogP contribution in [0.2, 0.25) is 0 Å². The molecule has 1 heterocycles. The normalized spacial score (nSPS) is 11.0. The molecule has 6 heteroatoms. The number of Topliss-reactive ketones (excluding diaryl/α,β-unsaturated/α-hetero) is 1. The number of carbonyl (C=O) groups excluding carboxylic acids is 1. The highest BCUT2D eigenvalue weighted by molar-refractivity contribution is 7.90. The van der Waals surface area contributed by atoms with Crippen LogP contribution in [-0.2, 0) is 14.6 Å². The van der Waals surface area contributed by atoms with E-state index >= 15 is 0 Å². The fourth-order valence-corrected chi connectivity index (χ4v) is 1.86. The van der Waals surface area contributed by atoms with Crippen molar-refractivity contribution in [1.82, 2.24) is 9.97 Å². The van der Waals surface area contributed by atoms with Crippen LogP contribution in [0.1, 0.15) is 38.7 Å². The average Bonchev–Trinajstić information content (AvgIpc) is 2.37. The van der Waals surface area contributed by atoms with E-state index in [2.05, 4.69) is 21.8 Å². The van der Waals surface area contributed by atoms with Crippen molar-refractivity contribution >= 4 is 15.6 Å². The van der Waals surface area contributed by atoms with Crippen LogP contribution in [-0.4, -0.2) is 30.4 Å². The van der Waals surface area contributed by atoms with E-state index < -0.39 is 9.84 Å². The van der Waals surface area contributed by atoms with E-state index in [0.29, 0.717) is 18.4 Å². The lowest BCUT2D eigenvalue weighted by Gasteiger charge is -2.00. The minimum Gasteiger partial charge on any atom is -0.299 e. The van der Waals surface area contributed by atoms with Gasteiger partial charge in [0.1, 0.15) is 5.78 Å². The van der Waals surface area contributed by atoms with Crippen LogP contribution in [0, 0.1) is 17.8 Å². The fraction of sp³-hybridized carbons (Fsp3) is 0.500. The van der Waals surface area contributed by atoms with Crippen LogP contribution < -0.4 is 0 Å². The van der Waals surface area contributed by atoms with Crippen molar-refractivity contribution in [3.63, 3.8) is 0 Å². The maximum Gasteiger partial charge on any atom is 0.246 e. The third kappa shape index (κ3) is 5.49. The molecule has 0 spiro atoms. The first-order valence-electron chi connectivity index (χ1n) is 6.34. The Morgan fingerprint density at radius 2 is 1.90 bits per heavy atom. The third-order valence-corrected chi connectivity index (χ3v) is 3.44. The number of ketones is 1. The van der Waals surface area contributed by atoms with Crippen LogP contribution in [0.3, 0.4) is 0 Å². The minimum absolute atomic E-state index is 0.0693. The third-order valence-electron chi connectivity index (χ3n) is 2.56. The number of hydrogen-bond acceptors (Lipinski definition) is 5. The summed E-state index contributed by atoms with van der Waals surface area (Å²) in [5, 5.41) is -0.203. The molecule has 0 saturated heterocycles. The summed E-state index contributed by atoms with van der Waals surface area (Å²) >= 11 is 0. The molecule has 0 radical (unpaired) electrons. The van der Waals surface area contributed by atoms with Crippen LogP contribution in [0.4, 0.5) is 0 Å². The van der Waals surface area contributed by atoms with Gasteiger partial charge in [-0.3, -0.25) is 4.79 Å². The number of rotatable bonds is 5. The number of aromatic nitrogens is 2. The highest BCUT2D eigenvalue weighted by Gasteiger charge is 2.09. The van der Waals surface area contributed by atoms with E-state index in [1.165, 1.54) is 12.4 Å². The van der Waals surface area contributed by atoms with Gasteiger partial charge in [0, 0.05) is 37.4 Å². The van der Waals surface area contributed by atoms with Gasteiger partial charge in [-0.25, -0.2) is 18.4 Å². The molecular weight excluding hydrogens is 276 g/mol. The van der Waals surface area contributed by atoms with Gasteiger partial charge in [-0.05, 0) is 6.42 Å². The van der Waals surface area contributed by atoms with Crippen molar-refractivity contribution in [1.29, 1.82) is 0 Å². The van der Waals surface area contributed by atoms with Gasteiger partial charge in [-0.1, -0.05) is 25.7 Å². The molecular formula is C14H18N2O3S. The molecule has 1 aromatic rings. The summed E-state index contributed by atoms with van der Waals surface area (Å²) in [6.45, 7) is 3.77. The SMILES string of the molecule is CC(C)C(=O)CCCC#Cc1cnc(S(C)(=O)=O)nc1. The van der Waals surface area contributed by atoms with Gasteiger partial charge in [0.2, 0.25) is 15.0 Å². The second-order valence-corrected chi connectivity index (χ2v) is 6.71.